The van der Waals surface area contributed by atoms with E-state index in [9.17, 15) is 4.79 Å². The molecule has 1 aliphatic heterocycles. The lowest BCUT2D eigenvalue weighted by atomic mass is 9.98. The molecule has 3 aromatic rings. The molecule has 7 nitrogen and oxygen atoms in total. The minimum Gasteiger partial charge on any atom is -0.441 e. The van der Waals surface area contributed by atoms with Crippen LogP contribution in [0.3, 0.4) is 0 Å². The molecular formula is C19H23N5O2. The summed E-state index contributed by atoms with van der Waals surface area (Å²) in [6.07, 6.45) is 8.37. The maximum absolute atomic E-state index is 12.5. The number of fused-ring (bicyclic) bond motifs is 1. The molecular weight excluding hydrogens is 330 g/mol. The van der Waals surface area contributed by atoms with Crippen molar-refractivity contribution in [2.24, 2.45) is 5.92 Å². The van der Waals surface area contributed by atoms with Gasteiger partial charge in [-0.2, -0.15) is 0 Å². The fourth-order valence-corrected chi connectivity index (χ4v) is 3.51. The van der Waals surface area contributed by atoms with Crippen molar-refractivity contribution < 1.29 is 9.21 Å². The summed E-state index contributed by atoms with van der Waals surface area (Å²) in [6, 6.07) is 7.69. The third-order valence-electron chi connectivity index (χ3n) is 4.79. The van der Waals surface area contributed by atoms with E-state index >= 15 is 0 Å². The Morgan fingerprint density at radius 2 is 2.27 bits per heavy atom. The first-order valence-corrected chi connectivity index (χ1v) is 9.11. The number of likely N-dealkylation sites (tertiary alicyclic amines) is 1. The van der Waals surface area contributed by atoms with E-state index in [1.807, 2.05) is 41.7 Å². The maximum Gasteiger partial charge on any atom is 0.317 e. The normalized spacial score (nSPS) is 17.5. The molecule has 26 heavy (non-hydrogen) atoms. The number of hydrogen-bond donors (Lipinski definition) is 1. The van der Waals surface area contributed by atoms with Crippen molar-refractivity contribution in [3.05, 3.63) is 48.9 Å². The summed E-state index contributed by atoms with van der Waals surface area (Å²) < 4.78 is 7.77. The highest BCUT2D eigenvalue weighted by atomic mass is 16.3. The van der Waals surface area contributed by atoms with Gasteiger partial charge in [0.25, 0.3) is 0 Å². The Kier molecular flexibility index (Phi) is 4.86. The van der Waals surface area contributed by atoms with Crippen LogP contribution in [0.2, 0.25) is 0 Å². The van der Waals surface area contributed by atoms with Crippen LogP contribution in [-0.4, -0.2) is 45.1 Å². The second kappa shape index (κ2) is 7.59. The van der Waals surface area contributed by atoms with Crippen LogP contribution in [0.4, 0.5) is 4.79 Å². The second-order valence-corrected chi connectivity index (χ2v) is 6.77. The molecule has 0 spiro atoms. The van der Waals surface area contributed by atoms with E-state index in [0.717, 1.165) is 43.6 Å². The van der Waals surface area contributed by atoms with Gasteiger partial charge in [0, 0.05) is 45.0 Å². The van der Waals surface area contributed by atoms with E-state index in [0.29, 0.717) is 24.8 Å². The van der Waals surface area contributed by atoms with E-state index in [1.165, 1.54) is 0 Å². The van der Waals surface area contributed by atoms with Crippen molar-refractivity contribution in [1.82, 2.24) is 24.8 Å². The third-order valence-corrected chi connectivity index (χ3v) is 4.79. The quantitative estimate of drug-likeness (QED) is 0.765. The summed E-state index contributed by atoms with van der Waals surface area (Å²) in [7, 11) is 0. The lowest BCUT2D eigenvalue weighted by molar-refractivity contribution is 0.159. The molecule has 136 valence electrons. The molecule has 7 heteroatoms. The average Bonchev–Trinajstić information content (AvgIpc) is 3.31. The number of aromatic nitrogens is 3. The summed E-state index contributed by atoms with van der Waals surface area (Å²) in [6.45, 7) is 3.03. The predicted molar refractivity (Wildman–Crippen MR) is 97.6 cm³/mol. The number of piperidine rings is 1. The van der Waals surface area contributed by atoms with Gasteiger partial charge in [0.1, 0.15) is 5.52 Å². The lowest BCUT2D eigenvalue weighted by Gasteiger charge is -2.32. The summed E-state index contributed by atoms with van der Waals surface area (Å²) in [5.74, 6) is 1.13. The van der Waals surface area contributed by atoms with Crippen LogP contribution >= 0.6 is 0 Å². The van der Waals surface area contributed by atoms with Gasteiger partial charge in [0.15, 0.2) is 11.5 Å². The molecule has 0 radical (unpaired) electrons. The minimum atomic E-state index is -0.00329. The van der Waals surface area contributed by atoms with Gasteiger partial charge in [-0.05, 0) is 30.9 Å². The molecule has 0 aliphatic carbocycles. The Bertz CT molecular complexity index is 825. The van der Waals surface area contributed by atoms with Crippen molar-refractivity contribution in [3.63, 3.8) is 0 Å². The Balaban J connectivity index is 1.26. The molecule has 1 N–H and O–H groups in total. The molecule has 1 aromatic carbocycles. The van der Waals surface area contributed by atoms with E-state index in [2.05, 4.69) is 19.9 Å². The van der Waals surface area contributed by atoms with E-state index in [4.69, 9.17) is 4.42 Å². The van der Waals surface area contributed by atoms with E-state index in [1.54, 1.807) is 6.20 Å². The van der Waals surface area contributed by atoms with Gasteiger partial charge in [-0.1, -0.05) is 12.1 Å². The third kappa shape index (κ3) is 3.87. The number of urea groups is 1. The van der Waals surface area contributed by atoms with Crippen molar-refractivity contribution in [2.45, 2.75) is 25.8 Å². The first-order valence-electron chi connectivity index (χ1n) is 9.11. The van der Waals surface area contributed by atoms with Crippen molar-refractivity contribution >= 4 is 17.1 Å². The van der Waals surface area contributed by atoms with Gasteiger partial charge >= 0.3 is 6.03 Å². The van der Waals surface area contributed by atoms with Crippen LogP contribution in [0, 0.1) is 5.92 Å². The molecule has 1 fully saturated rings. The molecule has 0 saturated carbocycles. The van der Waals surface area contributed by atoms with Crippen molar-refractivity contribution in [3.8, 4) is 0 Å². The zero-order valence-corrected chi connectivity index (χ0v) is 14.7. The first kappa shape index (κ1) is 16.6. The molecule has 1 unspecified atom stereocenters. The number of nitrogens with one attached hydrogen (secondary N) is 1. The van der Waals surface area contributed by atoms with Crippen LogP contribution in [0.1, 0.15) is 18.7 Å². The molecule has 1 aliphatic rings. The van der Waals surface area contributed by atoms with Crippen LogP contribution in [0.25, 0.3) is 11.1 Å². The number of nitrogens with zero attached hydrogens (tertiary/aromatic N) is 4. The zero-order chi connectivity index (χ0) is 17.8. The first-order chi connectivity index (χ1) is 12.8. The van der Waals surface area contributed by atoms with Gasteiger partial charge in [-0.25, -0.2) is 14.8 Å². The highest BCUT2D eigenvalue weighted by Crippen LogP contribution is 2.18. The Labute approximate surface area is 152 Å². The van der Waals surface area contributed by atoms with E-state index in [-0.39, 0.29) is 6.03 Å². The monoisotopic (exact) mass is 353 g/mol. The van der Waals surface area contributed by atoms with Gasteiger partial charge in [-0.15, -0.1) is 0 Å². The van der Waals surface area contributed by atoms with Crippen molar-refractivity contribution in [2.75, 3.05) is 19.6 Å². The molecule has 1 atom stereocenters. The Morgan fingerprint density at radius 1 is 1.35 bits per heavy atom. The maximum atomic E-state index is 12.5. The van der Waals surface area contributed by atoms with Crippen LogP contribution in [0.15, 0.2) is 47.4 Å². The van der Waals surface area contributed by atoms with Crippen LogP contribution in [0.5, 0.6) is 0 Å². The van der Waals surface area contributed by atoms with Gasteiger partial charge in [0.05, 0.1) is 6.33 Å². The number of oxazole rings is 1. The molecule has 1 saturated heterocycles. The van der Waals surface area contributed by atoms with Gasteiger partial charge in [-0.3, -0.25) is 0 Å². The molecule has 3 heterocycles. The minimum absolute atomic E-state index is 0.00329. The van der Waals surface area contributed by atoms with Gasteiger partial charge < -0.3 is 19.2 Å². The van der Waals surface area contributed by atoms with Crippen molar-refractivity contribution in [1.29, 1.82) is 0 Å². The number of para-hydroxylation sites is 2. The summed E-state index contributed by atoms with van der Waals surface area (Å²) in [5, 5.41) is 2.99. The predicted octanol–water partition coefficient (Wildman–Crippen LogP) is 2.69. The average molecular weight is 353 g/mol. The topological polar surface area (TPSA) is 76.2 Å². The van der Waals surface area contributed by atoms with Gasteiger partial charge in [0.2, 0.25) is 0 Å². The summed E-state index contributed by atoms with van der Waals surface area (Å²) >= 11 is 0. The fraction of sp³-hybridized carbons (Fsp3) is 0.421. The molecule has 2 aromatic heterocycles. The standard InChI is InChI=1S/C19H23N5O2/c25-19(21-8-7-18-22-16-5-1-2-6-17(16)26-18)24-10-3-4-15(13-24)12-23-11-9-20-14-23/h1-2,5-6,9,11,14-15H,3-4,7-8,10,12-13H2,(H,21,25). The number of imidazole rings is 1. The molecule has 2 amide bonds. The Morgan fingerprint density at radius 3 is 3.12 bits per heavy atom. The summed E-state index contributed by atoms with van der Waals surface area (Å²) in [4.78, 5) is 22.9. The Hall–Kier alpha value is -2.83. The SMILES string of the molecule is O=C(NCCc1nc2ccccc2o1)N1CCCC(Cn2ccnc2)C1. The highest BCUT2D eigenvalue weighted by Gasteiger charge is 2.23. The van der Waals surface area contributed by atoms with E-state index < -0.39 is 0 Å². The second-order valence-electron chi connectivity index (χ2n) is 6.77. The number of rotatable bonds is 5. The summed E-state index contributed by atoms with van der Waals surface area (Å²) in [5.41, 5.74) is 1.64. The zero-order valence-electron chi connectivity index (χ0n) is 14.7. The van der Waals surface area contributed by atoms with Crippen LogP contribution < -0.4 is 5.32 Å². The molecule has 4 rings (SSSR count). The fourth-order valence-electron chi connectivity index (χ4n) is 3.51. The largest absolute Gasteiger partial charge is 0.441 e. The number of hydrogen-bond acceptors (Lipinski definition) is 4. The number of amides is 2. The smallest absolute Gasteiger partial charge is 0.317 e. The lowest BCUT2D eigenvalue weighted by Crippen LogP contribution is -2.46. The van der Waals surface area contributed by atoms with Crippen LogP contribution in [-0.2, 0) is 13.0 Å². The molecule has 0 bridgehead atoms. The number of carbonyl (C=O) groups is 1. The number of carbonyl (C=O) groups excluding carboxylic acids is 1. The number of benzene rings is 1. The highest BCUT2D eigenvalue weighted by molar-refractivity contribution is 5.74.